The molecule has 100 valence electrons. The van der Waals surface area contributed by atoms with Crippen LogP contribution in [0.25, 0.3) is 11.0 Å². The first-order valence-electron chi connectivity index (χ1n) is 5.47. The molecule has 0 amide bonds. The van der Waals surface area contributed by atoms with Crippen molar-refractivity contribution in [3.05, 3.63) is 35.1 Å². The van der Waals surface area contributed by atoms with Crippen molar-refractivity contribution >= 4 is 28.6 Å². The van der Waals surface area contributed by atoms with Crippen LogP contribution in [0, 0.1) is 0 Å². The molecule has 2 atom stereocenters. The number of carboxylic acid groups (broad SMARTS) is 1. The van der Waals surface area contributed by atoms with Gasteiger partial charge in [0.05, 0.1) is 29.8 Å². The summed E-state index contributed by atoms with van der Waals surface area (Å²) in [4.78, 5) is 18.6. The lowest BCUT2D eigenvalue weighted by Gasteiger charge is -2.16. The summed E-state index contributed by atoms with van der Waals surface area (Å²) in [5.41, 5.74) is 1.41. The Morgan fingerprint density at radius 2 is 2.05 bits per heavy atom. The van der Waals surface area contributed by atoms with Gasteiger partial charge in [0, 0.05) is 0 Å². The molecule has 0 bridgehead atoms. The van der Waals surface area contributed by atoms with Crippen LogP contribution >= 0.6 is 11.6 Å². The molecular weight excluding hydrogens is 272 g/mol. The van der Waals surface area contributed by atoms with Gasteiger partial charge in [0.25, 0.3) is 0 Å². The molecule has 0 saturated carbocycles. The number of aromatic nitrogens is 2. The number of carboxylic acids is 1. The zero-order valence-corrected chi connectivity index (χ0v) is 10.4. The fraction of sp³-hybridized carbons (Fsp3) is 0.250. The second-order valence-electron chi connectivity index (χ2n) is 4.05. The molecule has 2 aromatic rings. The Bertz CT molecular complexity index is 620. The number of aliphatic hydroxyl groups excluding tert-OH is 2. The molecule has 2 rings (SSSR count). The predicted molar refractivity (Wildman–Crippen MR) is 67.8 cm³/mol. The predicted octanol–water partition coefficient (Wildman–Crippen LogP) is 1.15. The molecule has 0 fully saturated rings. The van der Waals surface area contributed by atoms with Gasteiger partial charge < -0.3 is 15.3 Å². The second kappa shape index (κ2) is 5.48. The van der Waals surface area contributed by atoms with E-state index in [0.717, 1.165) is 0 Å². The van der Waals surface area contributed by atoms with E-state index in [1.54, 1.807) is 12.1 Å². The molecule has 19 heavy (non-hydrogen) atoms. The molecule has 1 aromatic carbocycles. The molecule has 2 unspecified atom stereocenters. The van der Waals surface area contributed by atoms with Crippen LogP contribution in [0.15, 0.2) is 24.4 Å². The lowest BCUT2D eigenvalue weighted by molar-refractivity contribution is -0.141. The summed E-state index contributed by atoms with van der Waals surface area (Å²) in [6.07, 6.45) is -1.83. The molecule has 6 nitrogen and oxygen atoms in total. The van der Waals surface area contributed by atoms with Crippen LogP contribution in [0.5, 0.6) is 0 Å². The summed E-state index contributed by atoms with van der Waals surface area (Å²) >= 11 is 5.72. The molecule has 0 radical (unpaired) electrons. The molecule has 0 spiro atoms. The maximum absolute atomic E-state index is 10.5. The van der Waals surface area contributed by atoms with Crippen molar-refractivity contribution in [2.24, 2.45) is 0 Å². The monoisotopic (exact) mass is 282 g/mol. The molecule has 0 saturated heterocycles. The van der Waals surface area contributed by atoms with Crippen LogP contribution in [0.3, 0.4) is 0 Å². The van der Waals surface area contributed by atoms with Crippen molar-refractivity contribution in [2.75, 3.05) is 0 Å². The molecule has 0 aliphatic rings. The average molecular weight is 283 g/mol. The van der Waals surface area contributed by atoms with E-state index < -0.39 is 24.6 Å². The Hall–Kier alpha value is -1.76. The molecule has 7 heteroatoms. The highest BCUT2D eigenvalue weighted by molar-refractivity contribution is 6.29. The van der Waals surface area contributed by atoms with E-state index in [2.05, 4.69) is 9.97 Å². The van der Waals surface area contributed by atoms with Gasteiger partial charge in [0.15, 0.2) is 0 Å². The molecule has 0 aliphatic heterocycles. The molecule has 3 N–H and O–H groups in total. The zero-order valence-electron chi connectivity index (χ0n) is 9.69. The second-order valence-corrected chi connectivity index (χ2v) is 4.44. The van der Waals surface area contributed by atoms with Crippen molar-refractivity contribution in [3.8, 4) is 0 Å². The number of fused-ring (bicyclic) bond motifs is 1. The lowest BCUT2D eigenvalue weighted by atomic mass is 10.0. The molecule has 0 aliphatic carbocycles. The summed E-state index contributed by atoms with van der Waals surface area (Å²) in [5.74, 6) is -1.19. The lowest BCUT2D eigenvalue weighted by Crippen LogP contribution is -2.21. The number of halogens is 1. The normalized spacial score (nSPS) is 14.3. The summed E-state index contributed by atoms with van der Waals surface area (Å²) < 4.78 is 0. The van der Waals surface area contributed by atoms with Gasteiger partial charge in [0.2, 0.25) is 0 Å². The number of nitrogens with zero attached hydrogens (tertiary/aromatic N) is 2. The fourth-order valence-corrected chi connectivity index (χ4v) is 1.84. The minimum Gasteiger partial charge on any atom is -0.481 e. The molecule has 1 aromatic heterocycles. The van der Waals surface area contributed by atoms with Crippen LogP contribution in [-0.4, -0.2) is 37.4 Å². The van der Waals surface area contributed by atoms with Crippen molar-refractivity contribution in [3.63, 3.8) is 0 Å². The highest BCUT2D eigenvalue weighted by Gasteiger charge is 2.21. The minimum atomic E-state index is -1.39. The van der Waals surface area contributed by atoms with E-state index >= 15 is 0 Å². The van der Waals surface area contributed by atoms with E-state index in [-0.39, 0.29) is 5.15 Å². The first kappa shape index (κ1) is 13.7. The number of carbonyl (C=O) groups is 1. The highest BCUT2D eigenvalue weighted by atomic mass is 35.5. The largest absolute Gasteiger partial charge is 0.481 e. The van der Waals surface area contributed by atoms with Crippen LogP contribution in [-0.2, 0) is 4.79 Å². The Balaban J connectivity index is 2.31. The highest BCUT2D eigenvalue weighted by Crippen LogP contribution is 2.22. The van der Waals surface area contributed by atoms with Crippen molar-refractivity contribution < 1.29 is 20.1 Å². The Morgan fingerprint density at radius 3 is 2.74 bits per heavy atom. The van der Waals surface area contributed by atoms with Gasteiger partial charge in [-0.2, -0.15) is 0 Å². The average Bonchev–Trinajstić information content (AvgIpc) is 2.36. The number of hydrogen-bond donors (Lipinski definition) is 3. The van der Waals surface area contributed by atoms with Gasteiger partial charge in [0.1, 0.15) is 11.3 Å². The quantitative estimate of drug-likeness (QED) is 0.777. The zero-order chi connectivity index (χ0) is 14.0. The maximum Gasteiger partial charge on any atom is 0.306 e. The third-order valence-electron chi connectivity index (χ3n) is 2.63. The van der Waals surface area contributed by atoms with E-state index in [1.165, 1.54) is 12.3 Å². The number of benzene rings is 1. The Morgan fingerprint density at radius 1 is 1.32 bits per heavy atom. The molecular formula is C12H11ClN2O4. The smallest absolute Gasteiger partial charge is 0.306 e. The third kappa shape index (κ3) is 3.17. The first-order chi connectivity index (χ1) is 8.97. The van der Waals surface area contributed by atoms with Crippen molar-refractivity contribution in [1.82, 2.24) is 9.97 Å². The Kier molecular flexibility index (Phi) is 3.94. The number of aliphatic hydroxyl groups is 2. The van der Waals surface area contributed by atoms with Gasteiger partial charge in [-0.1, -0.05) is 17.7 Å². The third-order valence-corrected chi connectivity index (χ3v) is 2.81. The van der Waals surface area contributed by atoms with E-state index in [1.807, 2.05) is 0 Å². The standard InChI is InChI=1S/C12H11ClN2O4/c13-10-5-14-7-2-1-6(3-8(7)15-10)12(19)9(16)4-11(17)18/h1-3,5,9,12,16,19H,4H2,(H,17,18). The number of aliphatic carboxylic acids is 1. The van der Waals surface area contributed by atoms with Gasteiger partial charge in [-0.05, 0) is 17.7 Å². The van der Waals surface area contributed by atoms with Crippen molar-refractivity contribution in [2.45, 2.75) is 18.6 Å². The van der Waals surface area contributed by atoms with Crippen LogP contribution in [0.4, 0.5) is 0 Å². The summed E-state index contributed by atoms with van der Waals surface area (Å²) in [5, 5.41) is 28.2. The van der Waals surface area contributed by atoms with Crippen LogP contribution in [0.1, 0.15) is 18.1 Å². The SMILES string of the molecule is O=C(O)CC(O)C(O)c1ccc2ncc(Cl)nc2c1. The fourth-order valence-electron chi connectivity index (χ4n) is 1.70. The van der Waals surface area contributed by atoms with Gasteiger partial charge in [-0.3, -0.25) is 9.78 Å². The number of hydrogen-bond acceptors (Lipinski definition) is 5. The summed E-state index contributed by atoms with van der Waals surface area (Å²) in [7, 11) is 0. The summed E-state index contributed by atoms with van der Waals surface area (Å²) in [6.45, 7) is 0. The maximum atomic E-state index is 10.5. The van der Waals surface area contributed by atoms with Gasteiger partial charge >= 0.3 is 5.97 Å². The van der Waals surface area contributed by atoms with E-state index in [9.17, 15) is 15.0 Å². The molecule has 1 heterocycles. The van der Waals surface area contributed by atoms with Gasteiger partial charge in [-0.15, -0.1) is 0 Å². The Labute approximate surface area is 113 Å². The number of rotatable bonds is 4. The minimum absolute atomic E-state index is 0.213. The summed E-state index contributed by atoms with van der Waals surface area (Å²) in [6, 6.07) is 4.69. The van der Waals surface area contributed by atoms with E-state index in [0.29, 0.717) is 16.6 Å². The van der Waals surface area contributed by atoms with E-state index in [4.69, 9.17) is 16.7 Å². The topological polar surface area (TPSA) is 104 Å². The van der Waals surface area contributed by atoms with Crippen LogP contribution < -0.4 is 0 Å². The first-order valence-corrected chi connectivity index (χ1v) is 5.85. The van der Waals surface area contributed by atoms with Crippen molar-refractivity contribution in [1.29, 1.82) is 0 Å². The van der Waals surface area contributed by atoms with Gasteiger partial charge in [-0.25, -0.2) is 4.98 Å². The van der Waals surface area contributed by atoms with Crippen LogP contribution in [0.2, 0.25) is 5.15 Å².